The van der Waals surface area contributed by atoms with Crippen LogP contribution in [0.5, 0.6) is 0 Å². The summed E-state index contributed by atoms with van der Waals surface area (Å²) in [6.45, 7) is 18.5. The standard InChI is InChI=1S/C31H46N2O3.C12H18N2O2.C9H16N2O2.C5H6O3/c1-5-6-7-8-9-10-11-12-13-14-15-16-17-18-19-20-21-22-23-24-29(35)32-27-31(3,4)33-30(36)26-25-28(2)34;1-12(2,13)9-14-11(15)16-8-10-6-4-3-5-7-10;1-7(12)4-5-8(13)11-9(2,3)6-10;1-4(6)2-3-5(7)8/h6-7,9-10,12-13,15-16,18-19,21-22,25-26H,5,8,11,14,17,20,23-24,27H2,1-4H3,(H,32,35)(H,33,36);3-7H,8-9,13H2,1-2H3,(H,14,15);4-5H,6,10H2,1-3H3,(H,11,13);2-3H,1H3,(H,7,8)/b7-6-,10-9-,13-12-,16-15-,19-18-,22-21-,26-25+;;5-4+;3-2+. The lowest BCUT2D eigenvalue weighted by molar-refractivity contribution is -0.131. The number of nitrogens with one attached hydrogen (secondary N) is 4. The van der Waals surface area contributed by atoms with Crippen LogP contribution in [0.4, 0.5) is 4.79 Å². The largest absolute Gasteiger partial charge is 0.478 e. The van der Waals surface area contributed by atoms with Crippen molar-refractivity contribution in [3.8, 4) is 0 Å². The summed E-state index contributed by atoms with van der Waals surface area (Å²) >= 11 is 0. The Kier molecular flexibility index (Phi) is 42.1. The number of allylic oxidation sites excluding steroid dienone is 15. The number of alkyl carbamates (subject to hydrolysis) is 1. The van der Waals surface area contributed by atoms with Crippen molar-refractivity contribution in [2.45, 2.75) is 144 Å². The molecule has 16 nitrogen and oxygen atoms in total. The van der Waals surface area contributed by atoms with Crippen LogP contribution in [0.3, 0.4) is 0 Å². The van der Waals surface area contributed by atoms with Crippen molar-refractivity contribution in [1.29, 1.82) is 0 Å². The van der Waals surface area contributed by atoms with E-state index in [1.807, 2.05) is 78.0 Å². The van der Waals surface area contributed by atoms with Gasteiger partial charge >= 0.3 is 12.1 Å². The van der Waals surface area contributed by atoms with Gasteiger partial charge in [0.15, 0.2) is 17.3 Å². The summed E-state index contributed by atoms with van der Waals surface area (Å²) in [7, 11) is 0. The molecule has 0 bridgehead atoms. The summed E-state index contributed by atoms with van der Waals surface area (Å²) in [5, 5.41) is 18.8. The van der Waals surface area contributed by atoms with E-state index < -0.39 is 28.7 Å². The van der Waals surface area contributed by atoms with E-state index >= 15 is 0 Å². The van der Waals surface area contributed by atoms with E-state index in [2.05, 4.69) is 95.0 Å². The molecule has 1 rings (SSSR count). The van der Waals surface area contributed by atoms with E-state index in [1.54, 1.807) is 0 Å². The van der Waals surface area contributed by atoms with E-state index in [9.17, 15) is 38.4 Å². The number of hydrogen-bond donors (Lipinski definition) is 7. The maximum absolute atomic E-state index is 12.0. The molecule has 0 saturated carbocycles. The van der Waals surface area contributed by atoms with Gasteiger partial charge in [-0.2, -0.15) is 0 Å². The Hall–Kier alpha value is -7.04. The number of amides is 4. The van der Waals surface area contributed by atoms with Crippen molar-refractivity contribution in [2.24, 2.45) is 11.5 Å². The van der Waals surface area contributed by atoms with Gasteiger partial charge in [0.2, 0.25) is 17.7 Å². The zero-order valence-corrected chi connectivity index (χ0v) is 45.0. The highest BCUT2D eigenvalue weighted by Gasteiger charge is 2.20. The number of ether oxygens (including phenoxy) is 1. The molecule has 0 aromatic heterocycles. The molecule has 0 radical (unpaired) electrons. The number of hydrogen-bond acceptors (Lipinski definition) is 11. The van der Waals surface area contributed by atoms with Crippen molar-refractivity contribution < 1.29 is 48.2 Å². The van der Waals surface area contributed by atoms with Crippen LogP contribution in [-0.4, -0.2) is 88.5 Å². The van der Waals surface area contributed by atoms with Crippen molar-refractivity contribution in [3.05, 3.63) is 145 Å². The second kappa shape index (κ2) is 43.7. The predicted octanol–water partition coefficient (Wildman–Crippen LogP) is 8.47. The maximum atomic E-state index is 12.0. The van der Waals surface area contributed by atoms with Gasteiger partial charge in [-0.05, 0) is 131 Å². The van der Waals surface area contributed by atoms with Crippen molar-refractivity contribution in [1.82, 2.24) is 21.3 Å². The molecule has 0 heterocycles. The molecule has 73 heavy (non-hydrogen) atoms. The molecule has 0 aliphatic heterocycles. The van der Waals surface area contributed by atoms with Crippen molar-refractivity contribution in [2.75, 3.05) is 19.6 Å². The number of aliphatic carboxylic acids is 1. The number of ketones is 3. The minimum Gasteiger partial charge on any atom is -0.478 e. The fourth-order valence-corrected chi connectivity index (χ4v) is 4.76. The molecule has 0 saturated heterocycles. The molecule has 404 valence electrons. The zero-order chi connectivity index (χ0) is 56.0. The molecular formula is C57H86N6O10. The number of nitrogens with two attached hydrogens (primary N) is 2. The van der Waals surface area contributed by atoms with Gasteiger partial charge < -0.3 is 42.6 Å². The molecule has 4 amide bonds. The fraction of sp³-hybridized carbons (Fsp3) is 0.439. The van der Waals surface area contributed by atoms with Crippen molar-refractivity contribution in [3.63, 3.8) is 0 Å². The molecule has 0 aliphatic carbocycles. The maximum Gasteiger partial charge on any atom is 0.407 e. The molecule has 0 spiro atoms. The van der Waals surface area contributed by atoms with Gasteiger partial charge in [0.1, 0.15) is 6.61 Å². The van der Waals surface area contributed by atoms with Crippen LogP contribution < -0.4 is 32.7 Å². The number of carbonyl (C=O) groups excluding carboxylic acids is 7. The number of benzene rings is 1. The first kappa shape index (κ1) is 70.2. The third-order valence-electron chi connectivity index (χ3n) is 8.60. The topological polar surface area (TPSA) is 266 Å². The molecule has 1 aromatic carbocycles. The smallest absolute Gasteiger partial charge is 0.407 e. The average molecular weight is 1020 g/mol. The average Bonchev–Trinajstić information content (AvgIpc) is 3.31. The Bertz CT molecular complexity index is 2050. The minimum atomic E-state index is -1.10. The fourth-order valence-electron chi connectivity index (χ4n) is 4.76. The zero-order valence-electron chi connectivity index (χ0n) is 45.0. The van der Waals surface area contributed by atoms with E-state index in [1.165, 1.54) is 45.1 Å². The van der Waals surface area contributed by atoms with E-state index in [0.717, 1.165) is 56.2 Å². The first-order valence-corrected chi connectivity index (χ1v) is 24.3. The van der Waals surface area contributed by atoms with Gasteiger partial charge in [0.25, 0.3) is 0 Å². The predicted molar refractivity (Wildman–Crippen MR) is 294 cm³/mol. The Labute approximate surface area is 435 Å². The minimum absolute atomic E-state index is 0.0591. The summed E-state index contributed by atoms with van der Waals surface area (Å²) in [5.74, 6) is -2.41. The molecule has 0 aliphatic rings. The lowest BCUT2D eigenvalue weighted by atomic mass is 10.1. The second-order valence-electron chi connectivity index (χ2n) is 18.3. The molecule has 16 heteroatoms. The van der Waals surface area contributed by atoms with E-state index in [-0.39, 0.29) is 41.7 Å². The molecular weight excluding hydrogens is 929 g/mol. The first-order valence-electron chi connectivity index (χ1n) is 24.3. The number of carboxylic acid groups (broad SMARTS) is 1. The Morgan fingerprint density at radius 2 is 0.973 bits per heavy atom. The molecule has 9 N–H and O–H groups in total. The van der Waals surface area contributed by atoms with Crippen LogP contribution in [0.2, 0.25) is 0 Å². The van der Waals surface area contributed by atoms with Crippen LogP contribution in [0.1, 0.15) is 126 Å². The Balaban J connectivity index is -0.00000107. The van der Waals surface area contributed by atoms with Gasteiger partial charge in [-0.3, -0.25) is 28.8 Å². The summed E-state index contributed by atoms with van der Waals surface area (Å²) in [5.41, 5.74) is 10.6. The van der Waals surface area contributed by atoms with Crippen LogP contribution >= 0.6 is 0 Å². The third kappa shape index (κ3) is 57.4. The van der Waals surface area contributed by atoms with Crippen LogP contribution in [0.25, 0.3) is 0 Å². The highest BCUT2D eigenvalue weighted by molar-refractivity contribution is 5.97. The molecule has 0 fully saturated rings. The van der Waals surface area contributed by atoms with Crippen LogP contribution in [0, 0.1) is 0 Å². The van der Waals surface area contributed by atoms with Gasteiger partial charge in [-0.25, -0.2) is 9.59 Å². The SMILES string of the molecule is CC(=O)/C=C/C(=O)NC(C)(C)CN.CC(=O)/C=C/C(=O)O.CC(C)(N)CNC(=O)OCc1ccccc1.CC/C=C\C/C=C\C/C=C\C/C=C\C/C=C\C/C=C\CCC(=O)NCC(C)(C)NC(=O)/C=C/C(C)=O. The van der Waals surface area contributed by atoms with Gasteiger partial charge in [0, 0.05) is 55.4 Å². The number of rotatable bonds is 29. The van der Waals surface area contributed by atoms with Crippen molar-refractivity contribution >= 4 is 47.1 Å². The second-order valence-corrected chi connectivity index (χ2v) is 18.3. The lowest BCUT2D eigenvalue weighted by Crippen LogP contribution is -2.51. The summed E-state index contributed by atoms with van der Waals surface area (Å²) in [4.78, 5) is 87.2. The summed E-state index contributed by atoms with van der Waals surface area (Å²) in [6.07, 6.45) is 39.0. The molecule has 0 unspecified atom stereocenters. The van der Waals surface area contributed by atoms with Crippen LogP contribution in [-0.2, 0) is 44.9 Å². The van der Waals surface area contributed by atoms with E-state index in [4.69, 9.17) is 21.3 Å². The highest BCUT2D eigenvalue weighted by atomic mass is 16.5. The normalized spacial score (nSPS) is 11.9. The lowest BCUT2D eigenvalue weighted by Gasteiger charge is -2.26. The molecule has 1 aromatic rings. The van der Waals surface area contributed by atoms with Gasteiger partial charge in [-0.15, -0.1) is 0 Å². The number of carbonyl (C=O) groups is 8. The molecule has 0 atom stereocenters. The monoisotopic (exact) mass is 1010 g/mol. The Morgan fingerprint density at radius 3 is 1.36 bits per heavy atom. The van der Waals surface area contributed by atoms with Gasteiger partial charge in [0.05, 0.1) is 5.54 Å². The summed E-state index contributed by atoms with van der Waals surface area (Å²) < 4.78 is 5.02. The van der Waals surface area contributed by atoms with Crippen LogP contribution in [0.15, 0.2) is 140 Å². The third-order valence-corrected chi connectivity index (χ3v) is 8.60. The number of carboxylic acids is 1. The highest BCUT2D eigenvalue weighted by Crippen LogP contribution is 2.04. The van der Waals surface area contributed by atoms with Gasteiger partial charge in [-0.1, -0.05) is 110 Å². The summed E-state index contributed by atoms with van der Waals surface area (Å²) in [6, 6.07) is 9.53. The Morgan fingerprint density at radius 1 is 0.562 bits per heavy atom. The first-order chi connectivity index (χ1) is 34.2. The van der Waals surface area contributed by atoms with E-state index in [0.29, 0.717) is 32.5 Å². The quantitative estimate of drug-likeness (QED) is 0.0294.